The van der Waals surface area contributed by atoms with Crippen molar-refractivity contribution < 1.29 is 38.9 Å². The molecule has 0 bridgehead atoms. The van der Waals surface area contributed by atoms with Crippen molar-refractivity contribution in [3.05, 3.63) is 70.8 Å². The van der Waals surface area contributed by atoms with Gasteiger partial charge in [0.05, 0.1) is 28.9 Å². The van der Waals surface area contributed by atoms with E-state index in [1.54, 1.807) is 0 Å². The smallest absolute Gasteiger partial charge is 0.338 e. The van der Waals surface area contributed by atoms with Gasteiger partial charge in [0.25, 0.3) is 0 Å². The van der Waals surface area contributed by atoms with Crippen LogP contribution in [0.25, 0.3) is 0 Å². The van der Waals surface area contributed by atoms with Crippen molar-refractivity contribution in [2.75, 3.05) is 6.61 Å². The zero-order valence-electron chi connectivity index (χ0n) is 16.7. The molecule has 1 aliphatic carbocycles. The van der Waals surface area contributed by atoms with Gasteiger partial charge in [-0.05, 0) is 67.8 Å². The van der Waals surface area contributed by atoms with Gasteiger partial charge in [0.15, 0.2) is 0 Å². The van der Waals surface area contributed by atoms with E-state index in [0.717, 1.165) is 19.3 Å². The zero-order valence-corrected chi connectivity index (χ0v) is 16.7. The number of rotatable bonds is 7. The van der Waals surface area contributed by atoms with Crippen LogP contribution < -0.4 is 0 Å². The minimum Gasteiger partial charge on any atom is -0.478 e. The summed E-state index contributed by atoms with van der Waals surface area (Å²) in [6.07, 6.45) is 2.78. The van der Waals surface area contributed by atoms with E-state index in [1.807, 2.05) is 0 Å². The van der Waals surface area contributed by atoms with Gasteiger partial charge in [0.2, 0.25) is 0 Å². The molecule has 31 heavy (non-hydrogen) atoms. The summed E-state index contributed by atoms with van der Waals surface area (Å²) >= 11 is 0. The summed E-state index contributed by atoms with van der Waals surface area (Å²) in [7, 11) is 0. The average molecular weight is 426 g/mol. The van der Waals surface area contributed by atoms with Crippen LogP contribution in [0.2, 0.25) is 0 Å². The van der Waals surface area contributed by atoms with E-state index in [0.29, 0.717) is 6.42 Å². The molecule has 2 N–H and O–H groups in total. The van der Waals surface area contributed by atoms with Crippen LogP contribution >= 0.6 is 0 Å². The van der Waals surface area contributed by atoms with Crippen LogP contribution in [-0.2, 0) is 9.47 Å². The lowest BCUT2D eigenvalue weighted by Gasteiger charge is -2.30. The fourth-order valence-electron chi connectivity index (χ4n) is 3.49. The highest BCUT2D eigenvalue weighted by atomic mass is 16.6. The molecule has 8 heteroatoms. The van der Waals surface area contributed by atoms with Crippen LogP contribution in [0.5, 0.6) is 0 Å². The summed E-state index contributed by atoms with van der Waals surface area (Å²) in [6.45, 7) is 0.0788. The number of carboxylic acids is 2. The van der Waals surface area contributed by atoms with Gasteiger partial charge >= 0.3 is 23.9 Å². The van der Waals surface area contributed by atoms with E-state index in [-0.39, 0.29) is 34.8 Å². The lowest BCUT2D eigenvalue weighted by atomic mass is 9.87. The van der Waals surface area contributed by atoms with Crippen molar-refractivity contribution in [3.63, 3.8) is 0 Å². The Morgan fingerprint density at radius 1 is 0.710 bits per heavy atom. The third kappa shape index (κ3) is 5.69. The predicted octanol–water partition coefficient (Wildman–Crippen LogP) is 3.66. The zero-order chi connectivity index (χ0) is 22.4. The minimum atomic E-state index is -1.08. The maximum atomic E-state index is 12.5. The molecular weight excluding hydrogens is 404 g/mol. The summed E-state index contributed by atoms with van der Waals surface area (Å²) in [6, 6.07) is 11.0. The summed E-state index contributed by atoms with van der Waals surface area (Å²) < 4.78 is 11.0. The Morgan fingerprint density at radius 2 is 1.16 bits per heavy atom. The third-order valence-electron chi connectivity index (χ3n) is 5.26. The van der Waals surface area contributed by atoms with E-state index in [9.17, 15) is 19.2 Å². The van der Waals surface area contributed by atoms with Crippen LogP contribution in [-0.4, -0.2) is 46.8 Å². The highest BCUT2D eigenvalue weighted by Gasteiger charge is 2.30. The Kier molecular flexibility index (Phi) is 7.02. The van der Waals surface area contributed by atoms with Gasteiger partial charge in [-0.25, -0.2) is 19.2 Å². The maximum absolute atomic E-state index is 12.5. The fourth-order valence-corrected chi connectivity index (χ4v) is 3.49. The molecule has 2 atom stereocenters. The molecule has 2 aromatic rings. The average Bonchev–Trinajstić information content (AvgIpc) is 2.78. The Morgan fingerprint density at radius 3 is 1.68 bits per heavy atom. The number of hydrogen-bond donors (Lipinski definition) is 2. The number of hydrogen-bond acceptors (Lipinski definition) is 6. The van der Waals surface area contributed by atoms with Gasteiger partial charge < -0.3 is 19.7 Å². The Hall–Kier alpha value is -3.68. The second kappa shape index (κ2) is 9.88. The van der Waals surface area contributed by atoms with Crippen molar-refractivity contribution in [2.45, 2.75) is 31.8 Å². The fraction of sp³-hybridized carbons (Fsp3) is 0.304. The van der Waals surface area contributed by atoms with E-state index in [4.69, 9.17) is 19.7 Å². The highest BCUT2D eigenvalue weighted by Crippen LogP contribution is 2.28. The maximum Gasteiger partial charge on any atom is 0.338 e. The van der Waals surface area contributed by atoms with Crippen molar-refractivity contribution in [1.82, 2.24) is 0 Å². The molecule has 1 saturated carbocycles. The number of benzene rings is 2. The van der Waals surface area contributed by atoms with Crippen molar-refractivity contribution in [2.24, 2.45) is 5.92 Å². The first kappa shape index (κ1) is 22.0. The van der Waals surface area contributed by atoms with E-state index in [2.05, 4.69) is 0 Å². The molecule has 3 rings (SSSR count). The predicted molar refractivity (Wildman–Crippen MR) is 108 cm³/mol. The number of ether oxygens (including phenoxy) is 2. The Balaban J connectivity index is 1.58. The van der Waals surface area contributed by atoms with E-state index < -0.39 is 30.0 Å². The first-order valence-electron chi connectivity index (χ1n) is 9.90. The molecule has 1 fully saturated rings. The van der Waals surface area contributed by atoms with Gasteiger partial charge in [0.1, 0.15) is 6.10 Å². The van der Waals surface area contributed by atoms with Gasteiger partial charge in [-0.2, -0.15) is 0 Å². The van der Waals surface area contributed by atoms with E-state index >= 15 is 0 Å². The first-order valence-corrected chi connectivity index (χ1v) is 9.90. The number of carbonyl (C=O) groups excluding carboxylic acids is 2. The lowest BCUT2D eigenvalue weighted by molar-refractivity contribution is -0.0178. The van der Waals surface area contributed by atoms with Gasteiger partial charge in [-0.3, -0.25) is 0 Å². The van der Waals surface area contributed by atoms with Crippen molar-refractivity contribution in [3.8, 4) is 0 Å². The molecule has 0 aliphatic heterocycles. The normalized spacial score (nSPS) is 18.1. The van der Waals surface area contributed by atoms with Crippen molar-refractivity contribution in [1.29, 1.82) is 0 Å². The Labute approximate surface area is 178 Å². The Bertz CT molecular complexity index is 962. The molecular formula is C23H22O8. The van der Waals surface area contributed by atoms with Gasteiger partial charge in [-0.15, -0.1) is 0 Å². The van der Waals surface area contributed by atoms with Gasteiger partial charge in [-0.1, -0.05) is 6.42 Å². The number of aromatic carboxylic acids is 2. The summed E-state index contributed by atoms with van der Waals surface area (Å²) in [5, 5.41) is 17.9. The molecule has 2 unspecified atom stereocenters. The number of carbonyl (C=O) groups is 4. The van der Waals surface area contributed by atoms with Crippen LogP contribution in [0.1, 0.15) is 67.1 Å². The first-order chi connectivity index (χ1) is 14.8. The van der Waals surface area contributed by atoms with Crippen LogP contribution in [0.15, 0.2) is 48.5 Å². The monoisotopic (exact) mass is 426 g/mol. The van der Waals surface area contributed by atoms with Gasteiger partial charge in [0, 0.05) is 5.92 Å². The minimum absolute atomic E-state index is 0.0761. The number of carboxylic acid groups (broad SMARTS) is 2. The second-order valence-corrected chi connectivity index (χ2v) is 7.35. The molecule has 0 saturated heterocycles. The highest BCUT2D eigenvalue weighted by molar-refractivity contribution is 5.93. The molecule has 0 aromatic heterocycles. The third-order valence-corrected chi connectivity index (χ3v) is 5.26. The summed E-state index contributed by atoms with van der Waals surface area (Å²) in [4.78, 5) is 46.6. The SMILES string of the molecule is O=C(O)c1ccc(C(=O)OCC2CCCCC2OC(=O)c2ccc(C(=O)O)cc2)cc1. The standard InChI is InChI=1S/C23H22O8/c24-20(25)14-5-9-16(10-6-14)22(28)30-13-18-3-1-2-4-19(18)31-23(29)17-11-7-15(8-12-17)21(26)27/h5-12,18-19H,1-4,13H2,(H,24,25)(H,26,27). The summed E-state index contributed by atoms with van der Waals surface area (Å²) in [5.74, 6) is -3.43. The van der Waals surface area contributed by atoms with Crippen LogP contribution in [0.3, 0.4) is 0 Å². The molecule has 1 aliphatic rings. The molecule has 0 spiro atoms. The quantitative estimate of drug-likeness (QED) is 0.642. The van der Waals surface area contributed by atoms with E-state index in [1.165, 1.54) is 48.5 Å². The molecule has 0 heterocycles. The van der Waals surface area contributed by atoms with Crippen LogP contribution in [0.4, 0.5) is 0 Å². The lowest BCUT2D eigenvalue weighted by Crippen LogP contribution is -2.33. The molecule has 0 radical (unpaired) electrons. The number of esters is 2. The molecule has 162 valence electrons. The van der Waals surface area contributed by atoms with Crippen molar-refractivity contribution >= 4 is 23.9 Å². The second-order valence-electron chi connectivity index (χ2n) is 7.35. The largest absolute Gasteiger partial charge is 0.478 e. The summed E-state index contributed by atoms with van der Waals surface area (Å²) in [5.41, 5.74) is 0.653. The van der Waals surface area contributed by atoms with Crippen LogP contribution in [0, 0.1) is 5.92 Å². The topological polar surface area (TPSA) is 127 Å². The molecule has 8 nitrogen and oxygen atoms in total. The molecule has 0 amide bonds. The molecule has 2 aromatic carbocycles.